The fourth-order valence-corrected chi connectivity index (χ4v) is 4.38. The number of hydrogen-bond acceptors (Lipinski definition) is 2. The minimum atomic E-state index is 0.473. The van der Waals surface area contributed by atoms with Gasteiger partial charge in [-0.2, -0.15) is 0 Å². The maximum absolute atomic E-state index is 6.33. The summed E-state index contributed by atoms with van der Waals surface area (Å²) in [5.74, 6) is 0.765. The van der Waals surface area contributed by atoms with Crippen molar-refractivity contribution < 1.29 is 0 Å². The normalized spacial score (nSPS) is 20.3. The molecule has 1 aromatic rings. The lowest BCUT2D eigenvalue weighted by molar-refractivity contribution is 0.294. The molecule has 0 aromatic carbocycles. The van der Waals surface area contributed by atoms with Crippen LogP contribution in [-0.4, -0.2) is 6.54 Å². The summed E-state index contributed by atoms with van der Waals surface area (Å²) in [6, 6.07) is 2.51. The molecule has 1 atom stereocenters. The van der Waals surface area contributed by atoms with Gasteiger partial charge in [0, 0.05) is 10.9 Å². The van der Waals surface area contributed by atoms with E-state index in [1.807, 2.05) is 17.4 Å². The first-order chi connectivity index (χ1) is 8.83. The summed E-state index contributed by atoms with van der Waals surface area (Å²) >= 11 is 8.14. The standard InChI is InChI=1S/C15H24ClNS/c1-2-17-14(15-13(16)10-11-18-15)12-8-6-4-3-5-7-9-12/h10-12,14,17H,2-9H2,1H3. The molecule has 1 aliphatic carbocycles. The second-order valence-corrected chi connectivity index (χ2v) is 6.63. The van der Waals surface area contributed by atoms with E-state index >= 15 is 0 Å². The topological polar surface area (TPSA) is 12.0 Å². The van der Waals surface area contributed by atoms with Crippen molar-refractivity contribution in [3.63, 3.8) is 0 Å². The van der Waals surface area contributed by atoms with Gasteiger partial charge in [0.25, 0.3) is 0 Å². The van der Waals surface area contributed by atoms with Gasteiger partial charge in [-0.25, -0.2) is 0 Å². The molecule has 1 aromatic heterocycles. The van der Waals surface area contributed by atoms with Crippen LogP contribution in [-0.2, 0) is 0 Å². The quantitative estimate of drug-likeness (QED) is 0.780. The first kappa shape index (κ1) is 14.4. The summed E-state index contributed by atoms with van der Waals surface area (Å²) in [5.41, 5.74) is 0. The third kappa shape index (κ3) is 3.72. The van der Waals surface area contributed by atoms with E-state index in [1.165, 1.54) is 49.8 Å². The molecule has 1 N–H and O–H groups in total. The van der Waals surface area contributed by atoms with Gasteiger partial charge >= 0.3 is 0 Å². The molecule has 1 unspecified atom stereocenters. The fraction of sp³-hybridized carbons (Fsp3) is 0.733. The van der Waals surface area contributed by atoms with E-state index in [4.69, 9.17) is 11.6 Å². The summed E-state index contributed by atoms with van der Waals surface area (Å²) < 4.78 is 0. The largest absolute Gasteiger partial charge is 0.309 e. The van der Waals surface area contributed by atoms with Crippen molar-refractivity contribution >= 4 is 22.9 Å². The summed E-state index contributed by atoms with van der Waals surface area (Å²) in [6.45, 7) is 3.22. The Morgan fingerprint density at radius 3 is 2.50 bits per heavy atom. The minimum absolute atomic E-state index is 0.473. The highest BCUT2D eigenvalue weighted by Crippen LogP contribution is 2.38. The van der Waals surface area contributed by atoms with Gasteiger partial charge in [-0.05, 0) is 36.8 Å². The van der Waals surface area contributed by atoms with E-state index in [0.29, 0.717) is 6.04 Å². The lowest BCUT2D eigenvalue weighted by Gasteiger charge is -2.29. The van der Waals surface area contributed by atoms with Gasteiger partial charge in [-0.15, -0.1) is 11.3 Å². The second-order valence-electron chi connectivity index (χ2n) is 5.27. The van der Waals surface area contributed by atoms with Crippen LogP contribution in [0.2, 0.25) is 5.02 Å². The van der Waals surface area contributed by atoms with Gasteiger partial charge in [0.2, 0.25) is 0 Å². The van der Waals surface area contributed by atoms with Crippen molar-refractivity contribution in [2.75, 3.05) is 6.54 Å². The molecular weight excluding hydrogens is 262 g/mol. The van der Waals surface area contributed by atoms with Crippen molar-refractivity contribution in [2.24, 2.45) is 5.92 Å². The molecule has 0 spiro atoms. The van der Waals surface area contributed by atoms with Crippen LogP contribution in [0, 0.1) is 5.92 Å². The third-order valence-electron chi connectivity index (χ3n) is 3.97. The number of nitrogens with one attached hydrogen (secondary N) is 1. The van der Waals surface area contributed by atoms with E-state index in [0.717, 1.165) is 17.5 Å². The minimum Gasteiger partial charge on any atom is -0.309 e. The SMILES string of the molecule is CCNC(c1sccc1Cl)C1CCCCCCC1. The van der Waals surface area contributed by atoms with Crippen molar-refractivity contribution in [1.82, 2.24) is 5.32 Å². The van der Waals surface area contributed by atoms with Crippen LogP contribution in [0.3, 0.4) is 0 Å². The number of rotatable bonds is 4. The zero-order valence-corrected chi connectivity index (χ0v) is 12.8. The Balaban J connectivity index is 2.10. The third-order valence-corrected chi connectivity index (χ3v) is 5.41. The van der Waals surface area contributed by atoms with Gasteiger partial charge in [-0.1, -0.05) is 50.6 Å². The fourth-order valence-electron chi connectivity index (χ4n) is 3.04. The van der Waals surface area contributed by atoms with Crippen LogP contribution in [0.25, 0.3) is 0 Å². The average Bonchev–Trinajstić information content (AvgIpc) is 2.73. The van der Waals surface area contributed by atoms with E-state index in [9.17, 15) is 0 Å². The molecule has 0 saturated heterocycles. The van der Waals surface area contributed by atoms with Crippen LogP contribution in [0.15, 0.2) is 11.4 Å². The van der Waals surface area contributed by atoms with Crippen molar-refractivity contribution in [2.45, 2.75) is 57.9 Å². The molecule has 18 heavy (non-hydrogen) atoms. The molecule has 0 amide bonds. The zero-order chi connectivity index (χ0) is 12.8. The lowest BCUT2D eigenvalue weighted by atomic mass is 9.85. The zero-order valence-electron chi connectivity index (χ0n) is 11.3. The molecule has 0 radical (unpaired) electrons. The van der Waals surface area contributed by atoms with E-state index < -0.39 is 0 Å². The van der Waals surface area contributed by atoms with E-state index in [-0.39, 0.29) is 0 Å². The highest BCUT2D eigenvalue weighted by molar-refractivity contribution is 7.10. The van der Waals surface area contributed by atoms with Gasteiger partial charge < -0.3 is 5.32 Å². The average molecular weight is 286 g/mol. The van der Waals surface area contributed by atoms with Crippen LogP contribution in [0.5, 0.6) is 0 Å². The lowest BCUT2D eigenvalue weighted by Crippen LogP contribution is -2.28. The summed E-state index contributed by atoms with van der Waals surface area (Å²) in [4.78, 5) is 1.35. The monoisotopic (exact) mass is 285 g/mol. The van der Waals surface area contributed by atoms with Gasteiger partial charge in [0.15, 0.2) is 0 Å². The molecule has 0 bridgehead atoms. The highest BCUT2D eigenvalue weighted by atomic mass is 35.5. The predicted octanol–water partition coefficient (Wildman–Crippen LogP) is 5.41. The van der Waals surface area contributed by atoms with Gasteiger partial charge in [0.05, 0.1) is 5.02 Å². The molecule has 102 valence electrons. The van der Waals surface area contributed by atoms with Crippen LogP contribution < -0.4 is 5.32 Å². The van der Waals surface area contributed by atoms with Crippen molar-refractivity contribution in [3.05, 3.63) is 21.3 Å². The first-order valence-corrected chi connectivity index (χ1v) is 8.55. The summed E-state index contributed by atoms with van der Waals surface area (Å²) in [7, 11) is 0. The van der Waals surface area contributed by atoms with Gasteiger partial charge in [0.1, 0.15) is 0 Å². The molecule has 3 heteroatoms. The smallest absolute Gasteiger partial charge is 0.0561 e. The predicted molar refractivity (Wildman–Crippen MR) is 81.6 cm³/mol. The maximum atomic E-state index is 6.33. The number of hydrogen-bond donors (Lipinski definition) is 1. The van der Waals surface area contributed by atoms with Crippen LogP contribution in [0.1, 0.15) is 62.8 Å². The molecule has 1 saturated carbocycles. The van der Waals surface area contributed by atoms with Crippen LogP contribution >= 0.6 is 22.9 Å². The van der Waals surface area contributed by atoms with E-state index in [2.05, 4.69) is 17.6 Å². The molecule has 1 heterocycles. The number of thiophene rings is 1. The van der Waals surface area contributed by atoms with Gasteiger partial charge in [-0.3, -0.25) is 0 Å². The first-order valence-electron chi connectivity index (χ1n) is 7.29. The summed E-state index contributed by atoms with van der Waals surface area (Å²) in [6.07, 6.45) is 9.72. The number of halogens is 1. The Labute approximate surface area is 120 Å². The van der Waals surface area contributed by atoms with E-state index in [1.54, 1.807) is 0 Å². The highest BCUT2D eigenvalue weighted by Gasteiger charge is 2.25. The Hall–Kier alpha value is -0.0500. The van der Waals surface area contributed by atoms with Crippen molar-refractivity contribution in [1.29, 1.82) is 0 Å². The Kier molecular flexibility index (Phi) is 6.00. The molecule has 1 fully saturated rings. The molecule has 0 aliphatic heterocycles. The molecule has 1 nitrogen and oxygen atoms in total. The second kappa shape index (κ2) is 7.52. The molecular formula is C15H24ClNS. The van der Waals surface area contributed by atoms with Crippen LogP contribution in [0.4, 0.5) is 0 Å². The molecule has 2 rings (SSSR count). The summed E-state index contributed by atoms with van der Waals surface area (Å²) in [5, 5.41) is 6.74. The molecule has 1 aliphatic rings. The Morgan fingerprint density at radius 1 is 1.28 bits per heavy atom. The Morgan fingerprint density at radius 2 is 1.94 bits per heavy atom. The maximum Gasteiger partial charge on any atom is 0.0561 e. The Bertz CT molecular complexity index is 342. The van der Waals surface area contributed by atoms with Crippen molar-refractivity contribution in [3.8, 4) is 0 Å².